The zero-order valence-corrected chi connectivity index (χ0v) is 17.0. The van der Waals surface area contributed by atoms with Gasteiger partial charge in [-0.2, -0.15) is 0 Å². The first kappa shape index (κ1) is 22.9. The van der Waals surface area contributed by atoms with E-state index in [2.05, 4.69) is 10.6 Å². The average Bonchev–Trinajstić information content (AvgIpc) is 2.93. The monoisotopic (exact) mass is 418 g/mol. The third-order valence-electron chi connectivity index (χ3n) is 4.54. The van der Waals surface area contributed by atoms with Crippen LogP contribution in [0.25, 0.3) is 0 Å². The summed E-state index contributed by atoms with van der Waals surface area (Å²) in [5.74, 6) is -2.29. The zero-order chi connectivity index (χ0) is 22.1. The first-order chi connectivity index (χ1) is 14.2. The maximum atomic E-state index is 12.7. The van der Waals surface area contributed by atoms with E-state index < -0.39 is 48.5 Å². The van der Waals surface area contributed by atoms with Crippen LogP contribution in [0.3, 0.4) is 0 Å². The maximum absolute atomic E-state index is 12.7. The maximum Gasteiger partial charge on any atom is 0.326 e. The summed E-state index contributed by atoms with van der Waals surface area (Å²) in [5.41, 5.74) is -0.116. The molecule has 0 radical (unpaired) electrons. The third-order valence-corrected chi connectivity index (χ3v) is 4.54. The molecule has 2 rings (SSSR count). The highest BCUT2D eigenvalue weighted by molar-refractivity contribution is 6.08. The van der Waals surface area contributed by atoms with Crippen LogP contribution in [0, 0.1) is 0 Å². The second-order valence-corrected chi connectivity index (χ2v) is 7.10. The molecule has 6 amide bonds. The van der Waals surface area contributed by atoms with Crippen molar-refractivity contribution < 1.29 is 28.7 Å². The Morgan fingerprint density at radius 3 is 2.53 bits per heavy atom. The predicted molar refractivity (Wildman–Crippen MR) is 106 cm³/mol. The van der Waals surface area contributed by atoms with Gasteiger partial charge in [-0.1, -0.05) is 37.3 Å². The van der Waals surface area contributed by atoms with Crippen LogP contribution in [0.4, 0.5) is 9.59 Å². The van der Waals surface area contributed by atoms with Crippen molar-refractivity contribution in [1.82, 2.24) is 20.9 Å². The molecular weight excluding hydrogens is 392 g/mol. The van der Waals surface area contributed by atoms with E-state index in [9.17, 15) is 24.0 Å². The summed E-state index contributed by atoms with van der Waals surface area (Å²) in [6.45, 7) is 2.53. The van der Waals surface area contributed by atoms with E-state index in [1.807, 2.05) is 42.6 Å². The number of benzene rings is 1. The van der Waals surface area contributed by atoms with Crippen LogP contribution in [-0.2, 0) is 25.5 Å². The molecular formula is C20H26N4O6. The molecule has 1 fully saturated rings. The summed E-state index contributed by atoms with van der Waals surface area (Å²) in [7, 11) is 0. The Hall–Kier alpha value is -3.43. The quantitative estimate of drug-likeness (QED) is 0.399. The lowest BCUT2D eigenvalue weighted by atomic mass is 9.93. The number of urea groups is 2. The molecule has 10 heteroatoms. The van der Waals surface area contributed by atoms with Gasteiger partial charge in [0.15, 0.2) is 6.61 Å². The molecule has 3 N–H and O–H groups in total. The van der Waals surface area contributed by atoms with Gasteiger partial charge in [0.05, 0.1) is 0 Å². The summed E-state index contributed by atoms with van der Waals surface area (Å²) >= 11 is 0. The van der Waals surface area contributed by atoms with Crippen LogP contribution >= 0.6 is 0 Å². The number of esters is 1. The van der Waals surface area contributed by atoms with Crippen LogP contribution in [0.2, 0.25) is 0 Å². The van der Waals surface area contributed by atoms with E-state index in [-0.39, 0.29) is 0 Å². The van der Waals surface area contributed by atoms with Gasteiger partial charge in [0.2, 0.25) is 0 Å². The van der Waals surface area contributed by atoms with Gasteiger partial charge in [-0.15, -0.1) is 0 Å². The number of hydrogen-bond donors (Lipinski definition) is 3. The first-order valence-corrected chi connectivity index (χ1v) is 9.66. The Morgan fingerprint density at radius 2 is 1.87 bits per heavy atom. The highest BCUT2D eigenvalue weighted by Crippen LogP contribution is 2.23. The molecule has 1 atom stereocenters. The zero-order valence-electron chi connectivity index (χ0n) is 17.0. The van der Waals surface area contributed by atoms with Crippen molar-refractivity contribution in [3.63, 3.8) is 0 Å². The van der Waals surface area contributed by atoms with Crippen LogP contribution in [0.15, 0.2) is 30.3 Å². The van der Waals surface area contributed by atoms with Crippen molar-refractivity contribution in [3.8, 4) is 0 Å². The van der Waals surface area contributed by atoms with Crippen molar-refractivity contribution in [1.29, 1.82) is 0 Å². The molecule has 0 unspecified atom stereocenters. The number of ether oxygens (including phenoxy) is 1. The summed E-state index contributed by atoms with van der Waals surface area (Å²) in [4.78, 5) is 60.6. The van der Waals surface area contributed by atoms with Crippen LogP contribution in [-0.4, -0.2) is 60.0 Å². The second kappa shape index (κ2) is 10.4. The molecule has 0 spiro atoms. The molecule has 0 saturated carbocycles. The fourth-order valence-electron chi connectivity index (χ4n) is 2.87. The summed E-state index contributed by atoms with van der Waals surface area (Å²) in [5, 5.41) is 7.05. The standard InChI is InChI=1S/C20H26N4O6/c1-3-11-21-18(28)22-15(25)13-30-16(26)12-24-17(27)20(2,23-19(24)29)10-9-14-7-5-4-6-8-14/h4-8H,3,9-13H2,1-2H3,(H,23,29)(H2,21,22,25,28)/t20-/m0/s1. The van der Waals surface area contributed by atoms with Gasteiger partial charge in [-0.05, 0) is 31.7 Å². The molecule has 1 saturated heterocycles. The number of nitrogens with zero attached hydrogens (tertiary/aromatic N) is 1. The topological polar surface area (TPSA) is 134 Å². The molecule has 0 bridgehead atoms. The number of rotatable bonds is 9. The number of carbonyl (C=O) groups excluding carboxylic acids is 5. The molecule has 0 aromatic heterocycles. The number of aryl methyl sites for hydroxylation is 1. The molecule has 1 aliphatic heterocycles. The number of hydrogen-bond acceptors (Lipinski definition) is 6. The van der Waals surface area contributed by atoms with Crippen LogP contribution in [0.5, 0.6) is 0 Å². The summed E-state index contributed by atoms with van der Waals surface area (Å²) < 4.78 is 4.76. The Labute approximate surface area is 174 Å². The minimum Gasteiger partial charge on any atom is -0.454 e. The molecule has 1 aromatic carbocycles. The van der Waals surface area contributed by atoms with Gasteiger partial charge in [0.1, 0.15) is 12.1 Å². The van der Waals surface area contributed by atoms with Gasteiger partial charge in [-0.25, -0.2) is 9.59 Å². The Balaban J connectivity index is 1.82. The fourth-order valence-corrected chi connectivity index (χ4v) is 2.87. The average molecular weight is 418 g/mol. The fraction of sp³-hybridized carbons (Fsp3) is 0.450. The van der Waals surface area contributed by atoms with Gasteiger partial charge >= 0.3 is 18.0 Å². The van der Waals surface area contributed by atoms with Crippen molar-refractivity contribution >= 4 is 29.8 Å². The highest BCUT2D eigenvalue weighted by Gasteiger charge is 2.48. The Bertz CT molecular complexity index is 813. The first-order valence-electron chi connectivity index (χ1n) is 9.66. The van der Waals surface area contributed by atoms with Gasteiger partial charge < -0.3 is 15.4 Å². The Morgan fingerprint density at radius 1 is 1.17 bits per heavy atom. The van der Waals surface area contributed by atoms with Crippen molar-refractivity contribution in [3.05, 3.63) is 35.9 Å². The molecule has 1 heterocycles. The number of amides is 6. The molecule has 162 valence electrons. The molecule has 10 nitrogen and oxygen atoms in total. The number of carbonyl (C=O) groups is 5. The largest absolute Gasteiger partial charge is 0.454 e. The smallest absolute Gasteiger partial charge is 0.326 e. The second-order valence-electron chi connectivity index (χ2n) is 7.10. The number of imide groups is 2. The lowest BCUT2D eigenvalue weighted by Gasteiger charge is -2.21. The van der Waals surface area contributed by atoms with E-state index in [1.165, 1.54) is 0 Å². The highest BCUT2D eigenvalue weighted by atomic mass is 16.5. The van der Waals surface area contributed by atoms with E-state index >= 15 is 0 Å². The van der Waals surface area contributed by atoms with Crippen molar-refractivity contribution in [2.24, 2.45) is 0 Å². The number of nitrogens with one attached hydrogen (secondary N) is 3. The normalized spacial score (nSPS) is 18.0. The van der Waals surface area contributed by atoms with Gasteiger partial charge in [0, 0.05) is 6.54 Å². The Kier molecular flexibility index (Phi) is 7.90. The molecule has 30 heavy (non-hydrogen) atoms. The summed E-state index contributed by atoms with van der Waals surface area (Å²) in [6, 6.07) is 8.12. The van der Waals surface area contributed by atoms with Gasteiger partial charge in [0.25, 0.3) is 11.8 Å². The molecule has 0 aliphatic carbocycles. The minimum absolute atomic E-state index is 0.364. The predicted octanol–water partition coefficient (Wildman–Crippen LogP) is 0.709. The molecule has 1 aliphatic rings. The van der Waals surface area contributed by atoms with Crippen molar-refractivity contribution in [2.75, 3.05) is 19.7 Å². The van der Waals surface area contributed by atoms with E-state index in [0.717, 1.165) is 10.5 Å². The van der Waals surface area contributed by atoms with Crippen LogP contribution < -0.4 is 16.0 Å². The van der Waals surface area contributed by atoms with Crippen LogP contribution in [0.1, 0.15) is 32.3 Å². The minimum atomic E-state index is -1.14. The van der Waals surface area contributed by atoms with Gasteiger partial charge in [-0.3, -0.25) is 24.6 Å². The summed E-state index contributed by atoms with van der Waals surface area (Å²) in [6.07, 6.45) is 1.64. The third kappa shape index (κ3) is 6.29. The molecule has 1 aromatic rings. The van der Waals surface area contributed by atoms with E-state index in [4.69, 9.17) is 4.74 Å². The SMILES string of the molecule is CCCNC(=O)NC(=O)COC(=O)CN1C(=O)N[C@@](C)(CCc2ccccc2)C1=O. The van der Waals surface area contributed by atoms with E-state index in [0.29, 0.717) is 25.8 Å². The van der Waals surface area contributed by atoms with Crippen molar-refractivity contribution in [2.45, 2.75) is 38.6 Å². The van der Waals surface area contributed by atoms with E-state index in [1.54, 1.807) is 6.92 Å². The lowest BCUT2D eigenvalue weighted by molar-refractivity contribution is -0.150. The lowest BCUT2D eigenvalue weighted by Crippen LogP contribution is -2.45.